The van der Waals surface area contributed by atoms with Gasteiger partial charge in [-0.25, -0.2) is 9.67 Å². The number of nitrogens with zero attached hydrogens (tertiary/aromatic N) is 3. The molecule has 0 saturated carbocycles. The molecule has 0 spiro atoms. The maximum absolute atomic E-state index is 11.8. The second kappa shape index (κ2) is 5.02. The number of carbonyl (C=O) groups excluding carboxylic acids is 1. The summed E-state index contributed by atoms with van der Waals surface area (Å²) in [5.74, 6) is 0.703. The third-order valence-corrected chi connectivity index (χ3v) is 2.62. The van der Waals surface area contributed by atoms with Crippen LogP contribution in [0.1, 0.15) is 26.6 Å². The predicted octanol–water partition coefficient (Wildman–Crippen LogP) is 0.393. The number of aryl methyl sites for hydroxylation is 1. The van der Waals surface area contributed by atoms with Gasteiger partial charge in [0.25, 0.3) is 0 Å². The van der Waals surface area contributed by atoms with Crippen LogP contribution in [0.3, 0.4) is 0 Å². The predicted molar refractivity (Wildman–Crippen MR) is 57.2 cm³/mol. The number of aromatic nitrogens is 3. The SMILES string of the molecule is CCn1ncnc1CC(=O)C(C)C(C)N. The number of nitrogens with two attached hydrogens (primary N) is 1. The molecule has 0 bridgehead atoms. The molecule has 15 heavy (non-hydrogen) atoms. The number of hydrogen-bond donors (Lipinski definition) is 1. The summed E-state index contributed by atoms with van der Waals surface area (Å²) in [6, 6.07) is -0.115. The van der Waals surface area contributed by atoms with Gasteiger partial charge in [0.05, 0.1) is 6.42 Å². The van der Waals surface area contributed by atoms with E-state index in [0.717, 1.165) is 12.4 Å². The highest BCUT2D eigenvalue weighted by atomic mass is 16.1. The Morgan fingerprint density at radius 1 is 1.60 bits per heavy atom. The zero-order valence-electron chi connectivity index (χ0n) is 9.47. The van der Waals surface area contributed by atoms with Crippen LogP contribution in [0.15, 0.2) is 6.33 Å². The summed E-state index contributed by atoms with van der Waals surface area (Å²) in [5, 5.41) is 4.01. The Bertz CT molecular complexity index is 332. The standard InChI is InChI=1S/C10H18N4O/c1-4-14-10(12-6-13-14)5-9(15)7(2)8(3)11/h6-8H,4-5,11H2,1-3H3. The van der Waals surface area contributed by atoms with E-state index in [4.69, 9.17) is 5.73 Å². The third kappa shape index (κ3) is 2.86. The highest BCUT2D eigenvalue weighted by Crippen LogP contribution is 2.06. The van der Waals surface area contributed by atoms with Crippen LogP contribution in [0.25, 0.3) is 0 Å². The Balaban J connectivity index is 2.66. The maximum Gasteiger partial charge on any atom is 0.144 e. The Kier molecular flexibility index (Phi) is 3.96. The van der Waals surface area contributed by atoms with E-state index in [1.807, 2.05) is 20.8 Å². The normalized spacial score (nSPS) is 14.9. The minimum Gasteiger partial charge on any atom is -0.327 e. The molecule has 0 fully saturated rings. The molecule has 1 aromatic heterocycles. The average Bonchev–Trinajstić information content (AvgIpc) is 2.63. The molecular formula is C10H18N4O. The summed E-state index contributed by atoms with van der Waals surface area (Å²) in [6.45, 7) is 6.39. The Morgan fingerprint density at radius 3 is 2.80 bits per heavy atom. The van der Waals surface area contributed by atoms with E-state index in [1.54, 1.807) is 4.68 Å². The van der Waals surface area contributed by atoms with Crippen LogP contribution >= 0.6 is 0 Å². The van der Waals surface area contributed by atoms with Crippen molar-refractivity contribution >= 4 is 5.78 Å². The van der Waals surface area contributed by atoms with Gasteiger partial charge in [0.2, 0.25) is 0 Å². The second-order valence-corrected chi connectivity index (χ2v) is 3.78. The zero-order chi connectivity index (χ0) is 11.4. The van der Waals surface area contributed by atoms with Crippen LogP contribution in [-0.4, -0.2) is 26.6 Å². The van der Waals surface area contributed by atoms with Crippen LogP contribution in [0, 0.1) is 5.92 Å². The second-order valence-electron chi connectivity index (χ2n) is 3.78. The molecular weight excluding hydrogens is 192 g/mol. The first-order chi connectivity index (χ1) is 7.06. The molecule has 84 valence electrons. The third-order valence-electron chi connectivity index (χ3n) is 2.62. The van der Waals surface area contributed by atoms with Crippen molar-refractivity contribution in [1.29, 1.82) is 0 Å². The van der Waals surface area contributed by atoms with Gasteiger partial charge in [0, 0.05) is 18.5 Å². The monoisotopic (exact) mass is 210 g/mol. The molecule has 1 heterocycles. The van der Waals surface area contributed by atoms with E-state index < -0.39 is 0 Å². The fourth-order valence-corrected chi connectivity index (χ4v) is 1.30. The lowest BCUT2D eigenvalue weighted by molar-refractivity contribution is -0.122. The topological polar surface area (TPSA) is 73.8 Å². The highest BCUT2D eigenvalue weighted by molar-refractivity contribution is 5.82. The van der Waals surface area contributed by atoms with Gasteiger partial charge in [0.1, 0.15) is 17.9 Å². The fourth-order valence-electron chi connectivity index (χ4n) is 1.30. The van der Waals surface area contributed by atoms with Crippen LogP contribution in [-0.2, 0) is 17.8 Å². The molecule has 2 unspecified atom stereocenters. The number of Topliss-reactive ketones (excluding diaryl/α,β-unsaturated/α-hetero) is 1. The van der Waals surface area contributed by atoms with Gasteiger partial charge in [-0.1, -0.05) is 6.92 Å². The van der Waals surface area contributed by atoms with E-state index in [-0.39, 0.29) is 17.7 Å². The van der Waals surface area contributed by atoms with Crippen LogP contribution in [0.2, 0.25) is 0 Å². The van der Waals surface area contributed by atoms with Gasteiger partial charge in [-0.15, -0.1) is 0 Å². The molecule has 0 radical (unpaired) electrons. The van der Waals surface area contributed by atoms with Crippen molar-refractivity contribution < 1.29 is 4.79 Å². The first-order valence-corrected chi connectivity index (χ1v) is 5.21. The number of ketones is 1. The van der Waals surface area contributed by atoms with E-state index in [1.165, 1.54) is 6.33 Å². The molecule has 0 saturated heterocycles. The summed E-state index contributed by atoms with van der Waals surface area (Å²) in [6.07, 6.45) is 1.79. The van der Waals surface area contributed by atoms with E-state index >= 15 is 0 Å². The Hall–Kier alpha value is -1.23. The molecule has 2 N–H and O–H groups in total. The molecule has 5 heteroatoms. The first kappa shape index (κ1) is 11.8. The van der Waals surface area contributed by atoms with Gasteiger partial charge in [-0.2, -0.15) is 5.10 Å². The molecule has 0 aliphatic heterocycles. The Labute approximate surface area is 89.7 Å². The van der Waals surface area contributed by atoms with E-state index in [9.17, 15) is 4.79 Å². The van der Waals surface area contributed by atoms with Crippen LogP contribution < -0.4 is 5.73 Å². The van der Waals surface area contributed by atoms with Gasteiger partial charge in [-0.05, 0) is 13.8 Å². The Morgan fingerprint density at radius 2 is 2.27 bits per heavy atom. The lowest BCUT2D eigenvalue weighted by Gasteiger charge is -2.13. The quantitative estimate of drug-likeness (QED) is 0.763. The largest absolute Gasteiger partial charge is 0.327 e. The van der Waals surface area contributed by atoms with Crippen LogP contribution in [0.4, 0.5) is 0 Å². The summed E-state index contributed by atoms with van der Waals surface area (Å²) < 4.78 is 1.73. The summed E-state index contributed by atoms with van der Waals surface area (Å²) in [5.41, 5.74) is 5.67. The van der Waals surface area contributed by atoms with Gasteiger partial charge in [-0.3, -0.25) is 4.79 Å². The lowest BCUT2D eigenvalue weighted by atomic mass is 9.97. The van der Waals surface area contributed by atoms with E-state index in [0.29, 0.717) is 6.42 Å². The molecule has 0 aliphatic carbocycles. The van der Waals surface area contributed by atoms with Gasteiger partial charge < -0.3 is 5.73 Å². The van der Waals surface area contributed by atoms with Crippen LogP contribution in [0.5, 0.6) is 0 Å². The molecule has 1 rings (SSSR count). The van der Waals surface area contributed by atoms with Crippen molar-refractivity contribution in [3.63, 3.8) is 0 Å². The first-order valence-electron chi connectivity index (χ1n) is 5.21. The van der Waals surface area contributed by atoms with Crippen molar-refractivity contribution in [2.45, 2.75) is 39.8 Å². The van der Waals surface area contributed by atoms with Crippen molar-refractivity contribution in [1.82, 2.24) is 14.8 Å². The van der Waals surface area contributed by atoms with Crippen molar-refractivity contribution in [2.24, 2.45) is 11.7 Å². The van der Waals surface area contributed by atoms with Gasteiger partial charge >= 0.3 is 0 Å². The molecule has 1 aromatic rings. The zero-order valence-corrected chi connectivity index (χ0v) is 9.47. The number of hydrogen-bond acceptors (Lipinski definition) is 4. The van der Waals surface area contributed by atoms with E-state index in [2.05, 4.69) is 10.1 Å². The fraction of sp³-hybridized carbons (Fsp3) is 0.700. The molecule has 0 amide bonds. The minimum absolute atomic E-state index is 0.115. The molecule has 0 aromatic carbocycles. The summed E-state index contributed by atoms with van der Waals surface area (Å²) in [4.78, 5) is 15.8. The smallest absolute Gasteiger partial charge is 0.144 e. The average molecular weight is 210 g/mol. The minimum atomic E-state index is -0.132. The summed E-state index contributed by atoms with van der Waals surface area (Å²) in [7, 11) is 0. The lowest BCUT2D eigenvalue weighted by Crippen LogP contribution is -2.32. The molecule has 2 atom stereocenters. The maximum atomic E-state index is 11.8. The molecule has 0 aliphatic rings. The van der Waals surface area contributed by atoms with Crippen molar-refractivity contribution in [2.75, 3.05) is 0 Å². The van der Waals surface area contributed by atoms with Gasteiger partial charge in [0.15, 0.2) is 0 Å². The summed E-state index contributed by atoms with van der Waals surface area (Å²) >= 11 is 0. The number of carbonyl (C=O) groups is 1. The number of rotatable bonds is 5. The highest BCUT2D eigenvalue weighted by Gasteiger charge is 2.19. The van der Waals surface area contributed by atoms with Crippen molar-refractivity contribution in [3.05, 3.63) is 12.2 Å². The van der Waals surface area contributed by atoms with Crippen molar-refractivity contribution in [3.8, 4) is 0 Å². The molecule has 5 nitrogen and oxygen atoms in total.